The molecule has 0 saturated heterocycles. The van der Waals surface area contributed by atoms with Crippen LogP contribution < -0.4 is 5.73 Å². The number of aromatic nitrogens is 3. The number of aryl methyl sites for hydroxylation is 1. The molecular weight excluding hydrogens is 262 g/mol. The van der Waals surface area contributed by atoms with Gasteiger partial charge in [0.2, 0.25) is 5.91 Å². The minimum Gasteiger partial charge on any atom is -0.337 e. The monoisotopic (exact) mass is 283 g/mol. The number of amides is 1. The molecule has 0 fully saturated rings. The van der Waals surface area contributed by atoms with E-state index in [1.807, 2.05) is 6.26 Å². The number of carbonyl (C=O) groups is 1. The third-order valence-corrected chi connectivity index (χ3v) is 4.04. The molecule has 2 heterocycles. The zero-order chi connectivity index (χ0) is 13.8. The number of fused-ring (bicyclic) bond motifs is 1. The number of nitrogens with two attached hydrogens (primary N) is 1. The van der Waals surface area contributed by atoms with Crippen LogP contribution in [0.15, 0.2) is 0 Å². The van der Waals surface area contributed by atoms with Crippen molar-refractivity contribution >= 4 is 17.7 Å². The molecule has 0 saturated carbocycles. The van der Waals surface area contributed by atoms with Gasteiger partial charge in [0.1, 0.15) is 5.82 Å². The van der Waals surface area contributed by atoms with E-state index in [9.17, 15) is 4.79 Å². The summed E-state index contributed by atoms with van der Waals surface area (Å²) in [5, 5.41) is 8.30. The van der Waals surface area contributed by atoms with Crippen molar-refractivity contribution in [3.63, 3.8) is 0 Å². The number of thioether (sulfide) groups is 1. The lowest BCUT2D eigenvalue weighted by atomic mass is 10.2. The predicted octanol–water partition coefficient (Wildman–Crippen LogP) is 0.263. The highest BCUT2D eigenvalue weighted by molar-refractivity contribution is 7.98. The van der Waals surface area contributed by atoms with E-state index in [0.29, 0.717) is 13.0 Å². The van der Waals surface area contributed by atoms with Crippen molar-refractivity contribution in [3.05, 3.63) is 11.6 Å². The van der Waals surface area contributed by atoms with E-state index >= 15 is 0 Å². The van der Waals surface area contributed by atoms with Gasteiger partial charge in [-0.25, -0.2) is 0 Å². The molecule has 2 N–H and O–H groups in total. The van der Waals surface area contributed by atoms with Gasteiger partial charge in [0.05, 0.1) is 12.6 Å². The average Bonchev–Trinajstić information content (AvgIpc) is 2.99. The maximum Gasteiger partial charge on any atom is 0.239 e. The first kappa shape index (κ1) is 14.3. The van der Waals surface area contributed by atoms with Crippen molar-refractivity contribution in [1.29, 1.82) is 0 Å². The second kappa shape index (κ2) is 6.38. The standard InChI is InChI=1S/C12H21N5OS/c1-16(12(18)9(13)5-7-19-2)8-11-15-14-10-4-3-6-17(10)11/h9H,3-8,13H2,1-2H3/t9-/m0/s1. The molecule has 0 bridgehead atoms. The molecule has 0 aliphatic carbocycles. The Hall–Kier alpha value is -1.08. The lowest BCUT2D eigenvalue weighted by molar-refractivity contribution is -0.131. The van der Waals surface area contributed by atoms with E-state index in [1.165, 1.54) is 0 Å². The number of hydrogen-bond donors (Lipinski definition) is 1. The van der Waals surface area contributed by atoms with Gasteiger partial charge in [0, 0.05) is 20.0 Å². The third kappa shape index (κ3) is 3.27. The van der Waals surface area contributed by atoms with Crippen LogP contribution in [0.4, 0.5) is 0 Å². The molecule has 0 spiro atoms. The first-order valence-electron chi connectivity index (χ1n) is 6.54. The number of nitrogens with zero attached hydrogens (tertiary/aromatic N) is 4. The third-order valence-electron chi connectivity index (χ3n) is 3.39. The summed E-state index contributed by atoms with van der Waals surface area (Å²) in [7, 11) is 1.78. The largest absolute Gasteiger partial charge is 0.337 e. The fourth-order valence-corrected chi connectivity index (χ4v) is 2.76. The van der Waals surface area contributed by atoms with Crippen LogP contribution in [0.3, 0.4) is 0 Å². The molecule has 6 nitrogen and oxygen atoms in total. The van der Waals surface area contributed by atoms with Crippen LogP contribution in [-0.2, 0) is 24.3 Å². The van der Waals surface area contributed by atoms with Gasteiger partial charge in [-0.1, -0.05) is 0 Å². The van der Waals surface area contributed by atoms with Gasteiger partial charge in [-0.15, -0.1) is 10.2 Å². The van der Waals surface area contributed by atoms with Gasteiger partial charge >= 0.3 is 0 Å². The fraction of sp³-hybridized carbons (Fsp3) is 0.750. The van der Waals surface area contributed by atoms with Crippen LogP contribution >= 0.6 is 11.8 Å². The molecule has 1 amide bonds. The highest BCUT2D eigenvalue weighted by Gasteiger charge is 2.22. The second-order valence-corrected chi connectivity index (χ2v) is 5.86. The van der Waals surface area contributed by atoms with E-state index in [4.69, 9.17) is 5.73 Å². The van der Waals surface area contributed by atoms with Gasteiger partial charge in [-0.2, -0.15) is 11.8 Å². The second-order valence-electron chi connectivity index (χ2n) is 4.87. The van der Waals surface area contributed by atoms with E-state index in [1.54, 1.807) is 23.7 Å². The quantitative estimate of drug-likeness (QED) is 0.810. The summed E-state index contributed by atoms with van der Waals surface area (Å²) in [5.74, 6) is 2.77. The molecule has 1 aromatic rings. The lowest BCUT2D eigenvalue weighted by Gasteiger charge is -2.20. The van der Waals surface area contributed by atoms with Crippen molar-refractivity contribution in [2.75, 3.05) is 19.1 Å². The summed E-state index contributed by atoms with van der Waals surface area (Å²) < 4.78 is 2.11. The summed E-state index contributed by atoms with van der Waals surface area (Å²) in [6.07, 6.45) is 4.82. The maximum atomic E-state index is 12.1. The lowest BCUT2D eigenvalue weighted by Crippen LogP contribution is -2.42. The van der Waals surface area contributed by atoms with Crippen LogP contribution in [0.2, 0.25) is 0 Å². The van der Waals surface area contributed by atoms with E-state index in [-0.39, 0.29) is 5.91 Å². The van der Waals surface area contributed by atoms with Gasteiger partial charge in [-0.05, 0) is 24.9 Å². The van der Waals surface area contributed by atoms with Crippen molar-refractivity contribution in [2.24, 2.45) is 5.73 Å². The maximum absolute atomic E-state index is 12.1. The van der Waals surface area contributed by atoms with E-state index in [0.717, 1.165) is 36.8 Å². The van der Waals surface area contributed by atoms with Crippen LogP contribution in [0.1, 0.15) is 24.5 Å². The first-order valence-corrected chi connectivity index (χ1v) is 7.93. The summed E-state index contributed by atoms with van der Waals surface area (Å²) in [4.78, 5) is 13.8. The number of likely N-dealkylation sites (N-methyl/N-ethyl adjacent to an activating group) is 1. The topological polar surface area (TPSA) is 77.0 Å². The smallest absolute Gasteiger partial charge is 0.239 e. The SMILES string of the molecule is CSCC[C@H](N)C(=O)N(C)Cc1nnc2n1CCC2. The number of hydrogen-bond acceptors (Lipinski definition) is 5. The van der Waals surface area contributed by atoms with Gasteiger partial charge in [0.15, 0.2) is 5.82 Å². The molecule has 2 rings (SSSR count). The number of rotatable bonds is 6. The Morgan fingerprint density at radius 3 is 3.11 bits per heavy atom. The van der Waals surface area contributed by atoms with Gasteiger partial charge < -0.3 is 15.2 Å². The number of carbonyl (C=O) groups excluding carboxylic acids is 1. The summed E-state index contributed by atoms with van der Waals surface area (Å²) in [6, 6.07) is -0.418. The van der Waals surface area contributed by atoms with Crippen LogP contribution in [-0.4, -0.2) is 50.7 Å². The molecule has 1 aliphatic rings. The zero-order valence-corrected chi connectivity index (χ0v) is 12.3. The molecule has 19 heavy (non-hydrogen) atoms. The highest BCUT2D eigenvalue weighted by atomic mass is 32.2. The molecule has 1 aliphatic heterocycles. The normalized spacial score (nSPS) is 15.3. The molecule has 1 aromatic heterocycles. The Kier molecular flexibility index (Phi) is 4.81. The summed E-state index contributed by atoms with van der Waals surface area (Å²) in [6.45, 7) is 1.44. The molecule has 1 atom stereocenters. The average molecular weight is 283 g/mol. The van der Waals surface area contributed by atoms with Crippen molar-refractivity contribution < 1.29 is 4.79 Å². The van der Waals surface area contributed by atoms with Crippen LogP contribution in [0.5, 0.6) is 0 Å². The summed E-state index contributed by atoms with van der Waals surface area (Å²) in [5.41, 5.74) is 5.90. The molecule has 0 aromatic carbocycles. The Bertz CT molecular complexity index is 447. The van der Waals surface area contributed by atoms with Crippen molar-refractivity contribution in [3.8, 4) is 0 Å². The van der Waals surface area contributed by atoms with Crippen molar-refractivity contribution in [2.45, 2.75) is 38.4 Å². The Labute approximate surface area is 117 Å². The first-order chi connectivity index (χ1) is 9.13. The van der Waals surface area contributed by atoms with Gasteiger partial charge in [0.25, 0.3) is 0 Å². The van der Waals surface area contributed by atoms with Crippen molar-refractivity contribution in [1.82, 2.24) is 19.7 Å². The fourth-order valence-electron chi connectivity index (χ4n) is 2.27. The Morgan fingerprint density at radius 1 is 1.58 bits per heavy atom. The predicted molar refractivity (Wildman–Crippen MR) is 75.8 cm³/mol. The molecule has 0 radical (unpaired) electrons. The molecule has 7 heteroatoms. The molecular formula is C12H21N5OS. The Morgan fingerprint density at radius 2 is 2.37 bits per heavy atom. The van der Waals surface area contributed by atoms with Gasteiger partial charge in [-0.3, -0.25) is 4.79 Å². The van der Waals surface area contributed by atoms with E-state index in [2.05, 4.69) is 14.8 Å². The minimum absolute atomic E-state index is 0.0237. The summed E-state index contributed by atoms with van der Waals surface area (Å²) >= 11 is 1.70. The minimum atomic E-state index is -0.418. The van der Waals surface area contributed by atoms with E-state index < -0.39 is 6.04 Å². The highest BCUT2D eigenvalue weighted by Crippen LogP contribution is 2.15. The molecule has 0 unspecified atom stereocenters. The van der Waals surface area contributed by atoms with Crippen LogP contribution in [0, 0.1) is 0 Å². The molecule has 106 valence electrons. The van der Waals surface area contributed by atoms with Crippen LogP contribution in [0.25, 0.3) is 0 Å². The zero-order valence-electron chi connectivity index (χ0n) is 11.5. The Balaban J connectivity index is 1.93.